The van der Waals surface area contributed by atoms with E-state index in [1.807, 2.05) is 22.9 Å². The highest BCUT2D eigenvalue weighted by atomic mass is 28.3. The first-order chi connectivity index (χ1) is 18.7. The average Bonchev–Trinajstić information content (AvgIpc) is 3.29. The zero-order valence-corrected chi connectivity index (χ0v) is 24.4. The molecule has 1 N–H and O–H groups in total. The van der Waals surface area contributed by atoms with E-state index < -0.39 is 37.1 Å². The summed E-state index contributed by atoms with van der Waals surface area (Å²) in [5.41, 5.74) is 1.16. The minimum atomic E-state index is -4.64. The predicted molar refractivity (Wildman–Crippen MR) is 151 cm³/mol. The lowest BCUT2D eigenvalue weighted by Crippen LogP contribution is -2.41. The molecule has 0 spiro atoms. The molecular weight excluding hydrogens is 541 g/mol. The quantitative estimate of drug-likeness (QED) is 0.280. The van der Waals surface area contributed by atoms with Gasteiger partial charge >= 0.3 is 12.2 Å². The van der Waals surface area contributed by atoms with Crippen molar-refractivity contribution in [3.8, 4) is 0 Å². The van der Waals surface area contributed by atoms with Crippen molar-refractivity contribution >= 4 is 36.5 Å². The lowest BCUT2D eigenvalue weighted by molar-refractivity contribution is -0.138. The number of aromatic nitrogens is 4. The number of rotatable bonds is 8. The summed E-state index contributed by atoms with van der Waals surface area (Å²) in [5.74, 6) is 0. The van der Waals surface area contributed by atoms with E-state index in [9.17, 15) is 22.8 Å². The number of carbonyl (C=O) groups excluding carboxylic acids is 1. The molecule has 0 saturated carbocycles. The standard InChI is InChI=1S/C27H35F3N6O3Si/c1-34-16-19(27(28,29)30)14-22(25(34)37)33-26(38)35(2)20-8-6-18(7-9-20)23-15-31-24-21(32-23)10-11-36(24)17-39-12-13-40(3,4)5/h6,10-11,14-16,20H,7-9,12-13,17H2,1-5H3,(H,33,38). The van der Waals surface area contributed by atoms with E-state index in [2.05, 4.69) is 29.9 Å². The van der Waals surface area contributed by atoms with Gasteiger partial charge < -0.3 is 24.1 Å². The van der Waals surface area contributed by atoms with E-state index in [-0.39, 0.29) is 6.04 Å². The lowest BCUT2D eigenvalue weighted by atomic mass is 9.93. The maximum absolute atomic E-state index is 13.2. The number of hydrogen-bond donors (Lipinski definition) is 1. The van der Waals surface area contributed by atoms with E-state index in [1.54, 1.807) is 13.2 Å². The Balaban J connectivity index is 1.38. The van der Waals surface area contributed by atoms with Crippen molar-refractivity contribution in [3.63, 3.8) is 0 Å². The van der Waals surface area contributed by atoms with Crippen LogP contribution in [0.1, 0.15) is 30.5 Å². The normalized spacial score (nSPS) is 16.2. The summed E-state index contributed by atoms with van der Waals surface area (Å²) in [4.78, 5) is 35.9. The Kier molecular flexibility index (Phi) is 8.54. The number of alkyl halides is 3. The number of aryl methyl sites for hydroxylation is 1. The zero-order chi connectivity index (χ0) is 29.2. The molecule has 4 rings (SSSR count). The maximum atomic E-state index is 13.2. The number of urea groups is 1. The third-order valence-electron chi connectivity index (χ3n) is 7.02. The maximum Gasteiger partial charge on any atom is 0.417 e. The summed E-state index contributed by atoms with van der Waals surface area (Å²) in [6, 6.07) is 2.83. The molecule has 0 aromatic carbocycles. The molecule has 0 radical (unpaired) electrons. The molecule has 3 aromatic rings. The van der Waals surface area contributed by atoms with Crippen molar-refractivity contribution in [2.75, 3.05) is 19.0 Å². The summed E-state index contributed by atoms with van der Waals surface area (Å²) >= 11 is 0. The van der Waals surface area contributed by atoms with Crippen LogP contribution in [0, 0.1) is 0 Å². The molecule has 1 atom stereocenters. The van der Waals surface area contributed by atoms with Gasteiger partial charge in [0.25, 0.3) is 5.56 Å². The number of ether oxygens (including phenoxy) is 1. The second-order valence-corrected chi connectivity index (χ2v) is 17.0. The van der Waals surface area contributed by atoms with Gasteiger partial charge in [-0.05, 0) is 43.0 Å². The fourth-order valence-electron chi connectivity index (χ4n) is 4.49. The fourth-order valence-corrected chi connectivity index (χ4v) is 5.25. The Morgan fingerprint density at radius 2 is 2.05 bits per heavy atom. The van der Waals surface area contributed by atoms with E-state index in [0.29, 0.717) is 38.3 Å². The number of anilines is 1. The number of allylic oxidation sites excluding steroid dienone is 1. The van der Waals surface area contributed by atoms with Crippen LogP contribution < -0.4 is 10.9 Å². The number of halogens is 3. The van der Waals surface area contributed by atoms with Crippen LogP contribution in [-0.2, 0) is 24.7 Å². The van der Waals surface area contributed by atoms with Crippen molar-refractivity contribution in [1.29, 1.82) is 0 Å². The second kappa shape index (κ2) is 11.6. The van der Waals surface area contributed by atoms with Crippen molar-refractivity contribution < 1.29 is 22.7 Å². The third-order valence-corrected chi connectivity index (χ3v) is 8.73. The Morgan fingerprint density at radius 3 is 2.70 bits per heavy atom. The summed E-state index contributed by atoms with van der Waals surface area (Å²) < 4.78 is 48.1. The molecule has 3 heterocycles. The van der Waals surface area contributed by atoms with Gasteiger partial charge in [-0.25, -0.2) is 14.8 Å². The fraction of sp³-hybridized carbons (Fsp3) is 0.481. The number of fused-ring (bicyclic) bond motifs is 1. The highest BCUT2D eigenvalue weighted by Crippen LogP contribution is 2.31. The molecular formula is C27H35F3N6O3Si. The molecule has 0 fully saturated rings. The topological polar surface area (TPSA) is 94.3 Å². The van der Waals surface area contributed by atoms with Crippen LogP contribution in [0.25, 0.3) is 16.7 Å². The van der Waals surface area contributed by atoms with Gasteiger partial charge in [0.05, 0.1) is 17.5 Å². The van der Waals surface area contributed by atoms with Crippen LogP contribution in [0.3, 0.4) is 0 Å². The van der Waals surface area contributed by atoms with Gasteiger partial charge in [-0.3, -0.25) is 4.79 Å². The van der Waals surface area contributed by atoms with Gasteiger partial charge in [-0.15, -0.1) is 0 Å². The molecule has 0 saturated heterocycles. The molecule has 0 aliphatic heterocycles. The first-order valence-corrected chi connectivity index (χ1v) is 16.8. The SMILES string of the molecule is CN(C(=O)Nc1cc(C(F)(F)F)cn(C)c1=O)C1CC=C(c2cnc3c(ccn3COCC[Si](C)(C)C)n2)CC1. The van der Waals surface area contributed by atoms with Crippen LogP contribution in [-0.4, -0.2) is 57.8 Å². The average molecular weight is 577 g/mol. The highest BCUT2D eigenvalue weighted by molar-refractivity contribution is 6.76. The minimum absolute atomic E-state index is 0.190. The monoisotopic (exact) mass is 576 g/mol. The summed E-state index contributed by atoms with van der Waals surface area (Å²) in [7, 11) is 1.62. The van der Waals surface area contributed by atoms with Gasteiger partial charge in [-0.1, -0.05) is 25.7 Å². The molecule has 9 nitrogen and oxygen atoms in total. The van der Waals surface area contributed by atoms with E-state index in [0.717, 1.165) is 39.6 Å². The molecule has 0 bridgehead atoms. The van der Waals surface area contributed by atoms with Crippen LogP contribution in [0.2, 0.25) is 25.7 Å². The molecule has 13 heteroatoms. The molecule has 216 valence electrons. The third kappa shape index (κ3) is 7.00. The Morgan fingerprint density at radius 1 is 1.30 bits per heavy atom. The first-order valence-electron chi connectivity index (χ1n) is 13.1. The van der Waals surface area contributed by atoms with Gasteiger partial charge in [0, 0.05) is 47.2 Å². The smallest absolute Gasteiger partial charge is 0.361 e. The summed E-state index contributed by atoms with van der Waals surface area (Å²) in [6.45, 7) is 8.08. The van der Waals surface area contributed by atoms with Crippen molar-refractivity contribution in [2.24, 2.45) is 7.05 Å². The Hall–Kier alpha value is -3.45. The van der Waals surface area contributed by atoms with Gasteiger partial charge in [0.1, 0.15) is 17.9 Å². The van der Waals surface area contributed by atoms with Crippen LogP contribution in [0.4, 0.5) is 23.7 Å². The number of amides is 2. The van der Waals surface area contributed by atoms with Crippen molar-refractivity contribution in [1.82, 2.24) is 24.0 Å². The van der Waals surface area contributed by atoms with Gasteiger partial charge in [0.15, 0.2) is 5.65 Å². The zero-order valence-electron chi connectivity index (χ0n) is 23.4. The van der Waals surface area contributed by atoms with Gasteiger partial charge in [0.2, 0.25) is 0 Å². The number of nitrogens with one attached hydrogen (secondary N) is 1. The highest BCUT2D eigenvalue weighted by Gasteiger charge is 2.32. The molecule has 3 aromatic heterocycles. The second-order valence-electron chi connectivity index (χ2n) is 11.4. The number of pyridine rings is 1. The molecule has 1 unspecified atom stereocenters. The Bertz CT molecular complexity index is 1470. The lowest BCUT2D eigenvalue weighted by Gasteiger charge is -2.30. The predicted octanol–water partition coefficient (Wildman–Crippen LogP) is 5.56. The number of nitrogens with zero attached hydrogens (tertiary/aromatic N) is 5. The molecule has 1 aliphatic rings. The van der Waals surface area contributed by atoms with Crippen molar-refractivity contribution in [2.45, 2.75) is 63.9 Å². The van der Waals surface area contributed by atoms with E-state index in [4.69, 9.17) is 9.72 Å². The molecule has 2 amide bonds. The van der Waals surface area contributed by atoms with E-state index in [1.165, 1.54) is 11.9 Å². The molecule has 1 aliphatic carbocycles. The van der Waals surface area contributed by atoms with E-state index >= 15 is 0 Å². The number of hydrogen-bond acceptors (Lipinski definition) is 5. The Labute approximate surface area is 231 Å². The first kappa shape index (κ1) is 29.5. The van der Waals surface area contributed by atoms with Crippen LogP contribution >= 0.6 is 0 Å². The largest absolute Gasteiger partial charge is 0.417 e. The summed E-state index contributed by atoms with van der Waals surface area (Å²) in [5, 5.41) is 2.35. The summed E-state index contributed by atoms with van der Waals surface area (Å²) in [6.07, 6.45) is 3.53. The van der Waals surface area contributed by atoms with Gasteiger partial charge in [-0.2, -0.15) is 13.2 Å². The van der Waals surface area contributed by atoms with Crippen LogP contribution in [0.5, 0.6) is 0 Å². The molecule has 40 heavy (non-hydrogen) atoms. The van der Waals surface area contributed by atoms with Crippen LogP contribution in [0.15, 0.2) is 41.6 Å². The minimum Gasteiger partial charge on any atom is -0.361 e. The number of carbonyl (C=O) groups is 1. The van der Waals surface area contributed by atoms with Crippen molar-refractivity contribution in [3.05, 3.63) is 58.4 Å².